The molecule has 82 valence electrons. The second-order valence-electron chi connectivity index (χ2n) is 3.51. The second-order valence-corrected chi connectivity index (χ2v) is 3.95. The van der Waals surface area contributed by atoms with Crippen LogP contribution in [0.4, 0.5) is 0 Å². The van der Waals surface area contributed by atoms with E-state index < -0.39 is 12.0 Å². The van der Waals surface area contributed by atoms with E-state index in [1.165, 1.54) is 0 Å². The van der Waals surface area contributed by atoms with Crippen LogP contribution in [0.5, 0.6) is 0 Å². The highest BCUT2D eigenvalue weighted by Gasteiger charge is 2.09. The highest BCUT2D eigenvalue weighted by molar-refractivity contribution is 6.30. The van der Waals surface area contributed by atoms with Gasteiger partial charge in [0.15, 0.2) is 0 Å². The molecule has 1 atom stereocenters. The summed E-state index contributed by atoms with van der Waals surface area (Å²) in [5.74, 6) is -0.846. The van der Waals surface area contributed by atoms with Gasteiger partial charge >= 0.3 is 5.97 Å². The Balaban J connectivity index is 2.62. The minimum Gasteiger partial charge on any atom is -0.480 e. The largest absolute Gasteiger partial charge is 0.480 e. The molecule has 15 heavy (non-hydrogen) atoms. The summed E-state index contributed by atoms with van der Waals surface area (Å²) in [5.41, 5.74) is 2.13. The van der Waals surface area contributed by atoms with Gasteiger partial charge in [-0.2, -0.15) is 0 Å². The van der Waals surface area contributed by atoms with Crippen molar-refractivity contribution in [2.24, 2.45) is 0 Å². The lowest BCUT2D eigenvalue weighted by atomic mass is 10.1. The van der Waals surface area contributed by atoms with Gasteiger partial charge < -0.3 is 10.4 Å². The van der Waals surface area contributed by atoms with Gasteiger partial charge in [-0.15, -0.1) is 0 Å². The Morgan fingerprint density at radius 3 is 2.80 bits per heavy atom. The predicted octanol–water partition coefficient (Wildman–Crippen LogP) is 2.21. The number of benzene rings is 1. The van der Waals surface area contributed by atoms with Crippen LogP contribution in [0.1, 0.15) is 18.1 Å². The molecule has 1 aromatic carbocycles. The molecule has 3 nitrogen and oxygen atoms in total. The van der Waals surface area contributed by atoms with E-state index in [0.29, 0.717) is 11.6 Å². The van der Waals surface area contributed by atoms with E-state index >= 15 is 0 Å². The van der Waals surface area contributed by atoms with Gasteiger partial charge in [-0.25, -0.2) is 0 Å². The number of carboxylic acids is 1. The first kappa shape index (κ1) is 12.0. The third-order valence-corrected chi connectivity index (χ3v) is 2.51. The summed E-state index contributed by atoms with van der Waals surface area (Å²) in [6, 6.07) is 5.03. The van der Waals surface area contributed by atoms with Crippen LogP contribution in [-0.4, -0.2) is 17.1 Å². The van der Waals surface area contributed by atoms with Gasteiger partial charge in [0.25, 0.3) is 0 Å². The Morgan fingerprint density at radius 1 is 1.60 bits per heavy atom. The maximum absolute atomic E-state index is 10.6. The summed E-state index contributed by atoms with van der Waals surface area (Å²) < 4.78 is 0. The summed E-state index contributed by atoms with van der Waals surface area (Å²) in [5, 5.41) is 12.3. The quantitative estimate of drug-likeness (QED) is 0.829. The molecule has 0 saturated carbocycles. The number of carboxylic acid groups (broad SMARTS) is 1. The monoisotopic (exact) mass is 227 g/mol. The van der Waals surface area contributed by atoms with E-state index in [1.807, 2.05) is 19.1 Å². The molecule has 0 bridgehead atoms. The first-order chi connectivity index (χ1) is 7.00. The van der Waals surface area contributed by atoms with Crippen LogP contribution in [0.15, 0.2) is 18.2 Å². The van der Waals surface area contributed by atoms with Crippen LogP contribution in [-0.2, 0) is 11.3 Å². The zero-order valence-electron chi connectivity index (χ0n) is 8.75. The van der Waals surface area contributed by atoms with Gasteiger partial charge in [0.1, 0.15) is 6.04 Å². The first-order valence-corrected chi connectivity index (χ1v) is 5.09. The van der Waals surface area contributed by atoms with E-state index in [2.05, 4.69) is 5.32 Å². The number of aliphatic carboxylic acids is 1. The maximum atomic E-state index is 10.6. The molecule has 0 aromatic heterocycles. The summed E-state index contributed by atoms with van der Waals surface area (Å²) >= 11 is 5.82. The SMILES string of the molecule is Cc1cc(Cl)ccc1CNC(C)C(=O)O. The van der Waals surface area contributed by atoms with Gasteiger partial charge in [-0.1, -0.05) is 17.7 Å². The fraction of sp³-hybridized carbons (Fsp3) is 0.364. The number of aryl methyl sites for hydroxylation is 1. The van der Waals surface area contributed by atoms with Crippen LogP contribution >= 0.6 is 11.6 Å². The lowest BCUT2D eigenvalue weighted by molar-refractivity contribution is -0.139. The number of halogens is 1. The number of carbonyl (C=O) groups is 1. The van der Waals surface area contributed by atoms with E-state index in [-0.39, 0.29) is 0 Å². The summed E-state index contributed by atoms with van der Waals surface area (Å²) in [7, 11) is 0. The van der Waals surface area contributed by atoms with Crippen LogP contribution in [0, 0.1) is 6.92 Å². The molecule has 0 aliphatic rings. The topological polar surface area (TPSA) is 49.3 Å². The fourth-order valence-electron chi connectivity index (χ4n) is 1.21. The number of hydrogen-bond acceptors (Lipinski definition) is 2. The average Bonchev–Trinajstić information content (AvgIpc) is 2.15. The van der Waals surface area contributed by atoms with Gasteiger partial charge in [-0.05, 0) is 37.1 Å². The van der Waals surface area contributed by atoms with Crippen molar-refractivity contribution < 1.29 is 9.90 Å². The van der Waals surface area contributed by atoms with Crippen molar-refractivity contribution in [3.05, 3.63) is 34.3 Å². The number of nitrogens with one attached hydrogen (secondary N) is 1. The standard InChI is InChI=1S/C11H14ClNO2/c1-7-5-10(12)4-3-9(7)6-13-8(2)11(14)15/h3-5,8,13H,6H2,1-2H3,(H,14,15). The van der Waals surface area contributed by atoms with Gasteiger partial charge in [0.2, 0.25) is 0 Å². The summed E-state index contributed by atoms with van der Waals surface area (Å²) in [6.07, 6.45) is 0. The van der Waals surface area contributed by atoms with Crippen molar-refractivity contribution >= 4 is 17.6 Å². The molecule has 0 saturated heterocycles. The molecule has 2 N–H and O–H groups in total. The van der Waals surface area contributed by atoms with Gasteiger partial charge in [-0.3, -0.25) is 4.79 Å². The minimum absolute atomic E-state index is 0.538. The van der Waals surface area contributed by atoms with E-state index in [1.54, 1.807) is 13.0 Å². The third-order valence-electron chi connectivity index (χ3n) is 2.27. The molecule has 1 unspecified atom stereocenters. The van der Waals surface area contributed by atoms with Crippen molar-refractivity contribution in [1.82, 2.24) is 5.32 Å². The van der Waals surface area contributed by atoms with Gasteiger partial charge in [0.05, 0.1) is 0 Å². The molecule has 0 heterocycles. The molecule has 0 fully saturated rings. The number of hydrogen-bond donors (Lipinski definition) is 2. The second kappa shape index (κ2) is 5.14. The molecular formula is C11H14ClNO2. The fourth-order valence-corrected chi connectivity index (χ4v) is 1.43. The predicted molar refractivity (Wildman–Crippen MR) is 60.1 cm³/mol. The molecule has 4 heteroatoms. The molecule has 0 spiro atoms. The Hall–Kier alpha value is -1.06. The Kier molecular flexibility index (Phi) is 4.12. The zero-order chi connectivity index (χ0) is 11.4. The van der Waals surface area contributed by atoms with E-state index in [9.17, 15) is 4.79 Å². The van der Waals surface area contributed by atoms with Crippen molar-refractivity contribution in [3.63, 3.8) is 0 Å². The smallest absolute Gasteiger partial charge is 0.320 e. The Labute approximate surface area is 94.1 Å². The highest BCUT2D eigenvalue weighted by atomic mass is 35.5. The van der Waals surface area contributed by atoms with Crippen LogP contribution in [0.25, 0.3) is 0 Å². The zero-order valence-corrected chi connectivity index (χ0v) is 9.51. The van der Waals surface area contributed by atoms with E-state index in [4.69, 9.17) is 16.7 Å². The molecule has 0 amide bonds. The van der Waals surface area contributed by atoms with E-state index in [0.717, 1.165) is 11.1 Å². The molecular weight excluding hydrogens is 214 g/mol. The lowest BCUT2D eigenvalue weighted by Gasteiger charge is -2.11. The lowest BCUT2D eigenvalue weighted by Crippen LogP contribution is -2.33. The van der Waals surface area contributed by atoms with Crippen molar-refractivity contribution in [2.75, 3.05) is 0 Å². The minimum atomic E-state index is -0.846. The van der Waals surface area contributed by atoms with Crippen LogP contribution in [0.3, 0.4) is 0 Å². The molecule has 0 aliphatic carbocycles. The van der Waals surface area contributed by atoms with Gasteiger partial charge in [0, 0.05) is 11.6 Å². The normalized spacial score (nSPS) is 12.5. The molecule has 1 rings (SSSR count). The first-order valence-electron chi connectivity index (χ1n) is 4.72. The summed E-state index contributed by atoms with van der Waals surface area (Å²) in [4.78, 5) is 10.6. The maximum Gasteiger partial charge on any atom is 0.320 e. The van der Waals surface area contributed by atoms with Crippen molar-refractivity contribution in [3.8, 4) is 0 Å². The Morgan fingerprint density at radius 2 is 2.27 bits per heavy atom. The van der Waals surface area contributed by atoms with Crippen molar-refractivity contribution in [1.29, 1.82) is 0 Å². The third kappa shape index (κ3) is 3.53. The number of rotatable bonds is 4. The Bertz CT molecular complexity index is 366. The van der Waals surface area contributed by atoms with Crippen LogP contribution < -0.4 is 5.32 Å². The molecule has 1 aromatic rings. The summed E-state index contributed by atoms with van der Waals surface area (Å²) in [6.45, 7) is 4.11. The molecule has 0 aliphatic heterocycles. The average molecular weight is 228 g/mol. The van der Waals surface area contributed by atoms with Crippen LogP contribution in [0.2, 0.25) is 5.02 Å². The van der Waals surface area contributed by atoms with Crippen molar-refractivity contribution in [2.45, 2.75) is 26.4 Å². The molecule has 0 radical (unpaired) electrons. The highest BCUT2D eigenvalue weighted by Crippen LogP contribution is 2.14.